The third-order valence-electron chi connectivity index (χ3n) is 7.28. The van der Waals surface area contributed by atoms with E-state index in [1.165, 1.54) is 12.1 Å². The Labute approximate surface area is 213 Å². The van der Waals surface area contributed by atoms with Gasteiger partial charge in [-0.3, -0.25) is 4.79 Å². The third kappa shape index (κ3) is 2.79. The predicted octanol–water partition coefficient (Wildman–Crippen LogP) is -10.3. The topological polar surface area (TPSA) is 374 Å². The predicted molar refractivity (Wildman–Crippen MR) is 110 cm³/mol. The molecule has 218 valence electrons. The molecule has 1 aromatic carbocycles. The van der Waals surface area contributed by atoms with Crippen LogP contribution in [0, 0.1) is 0 Å². The molecule has 2 bridgehead atoms. The molecule has 0 radical (unpaired) electrons. The van der Waals surface area contributed by atoms with Crippen molar-refractivity contribution < 1.29 is 86.5 Å². The number of piperidine rings is 2. The molecule has 2 unspecified atom stereocenters. The van der Waals surface area contributed by atoms with E-state index < -0.39 is 79.6 Å². The van der Waals surface area contributed by atoms with Crippen molar-refractivity contribution >= 4 is 16.8 Å². The fraction of sp³-hybridized carbons (Fsp3) is 0.556. The van der Waals surface area contributed by atoms with Crippen LogP contribution in [-0.4, -0.2) is 155 Å². The van der Waals surface area contributed by atoms with Crippen molar-refractivity contribution in [3.8, 4) is 0 Å². The summed E-state index contributed by atoms with van der Waals surface area (Å²) in [5.74, 6) is -27.3. The first-order valence-electron chi connectivity index (χ1n) is 10.4. The number of hydrogen-bond donors (Lipinski definition) is 17. The van der Waals surface area contributed by atoms with Crippen LogP contribution in [0.4, 0.5) is 0 Å². The number of rotatable bonds is 3. The molecule has 0 aliphatic carbocycles. The van der Waals surface area contributed by atoms with E-state index in [2.05, 4.69) is 5.10 Å². The van der Waals surface area contributed by atoms with Crippen LogP contribution in [0.2, 0.25) is 0 Å². The maximum Gasteiger partial charge on any atom is 0.389 e. The summed E-state index contributed by atoms with van der Waals surface area (Å²) >= 11 is 0. The molecule has 4 rings (SSSR count). The van der Waals surface area contributed by atoms with Gasteiger partial charge in [0, 0.05) is 5.39 Å². The van der Waals surface area contributed by atoms with Gasteiger partial charge in [-0.1, -0.05) is 18.2 Å². The number of benzene rings is 1. The Morgan fingerprint density at radius 1 is 0.744 bits per heavy atom. The monoisotopic (exact) mass is 568 g/mol. The summed E-state index contributed by atoms with van der Waals surface area (Å²) in [5, 5.41) is 170. The first-order valence-corrected chi connectivity index (χ1v) is 10.4. The molecular formula is C18H24N4O17. The van der Waals surface area contributed by atoms with Gasteiger partial charge in [0.1, 0.15) is 0 Å². The van der Waals surface area contributed by atoms with Crippen molar-refractivity contribution in [1.29, 1.82) is 0 Å². The molecule has 2 aliphatic rings. The standard InChI is InChI=1S/C18H24N4O17/c1-21-11(25)13(27,28)10(24,14(29,30)12(21,26)16(33,34)17(35,36)15(11,31)32)19-9(23)8-6-4-2-3-5-7(6)22(20-8)18(37,38)39/h2-5,24-39H,1H3,(H,19,23). The van der Waals surface area contributed by atoms with Gasteiger partial charge < -0.3 is 87.0 Å². The molecule has 21 nitrogen and oxygen atoms in total. The van der Waals surface area contributed by atoms with Gasteiger partial charge in [0.2, 0.25) is 11.4 Å². The van der Waals surface area contributed by atoms with Crippen molar-refractivity contribution in [3.05, 3.63) is 30.0 Å². The lowest BCUT2D eigenvalue weighted by molar-refractivity contribution is -0.654. The number of aromatic nitrogens is 2. The van der Waals surface area contributed by atoms with Gasteiger partial charge in [-0.2, -0.15) is 9.78 Å². The van der Waals surface area contributed by atoms with E-state index in [0.717, 1.165) is 17.4 Å². The van der Waals surface area contributed by atoms with E-state index in [4.69, 9.17) is 0 Å². The zero-order chi connectivity index (χ0) is 30.2. The lowest BCUT2D eigenvalue weighted by Gasteiger charge is -2.74. The average molecular weight is 568 g/mol. The number of carbonyl (C=O) groups is 1. The van der Waals surface area contributed by atoms with Gasteiger partial charge in [0.15, 0.2) is 5.69 Å². The highest BCUT2D eigenvalue weighted by atomic mass is 16.7. The maximum atomic E-state index is 13.1. The first kappa shape index (κ1) is 29.5. The van der Waals surface area contributed by atoms with Crippen molar-refractivity contribution in [1.82, 2.24) is 20.0 Å². The smallest absolute Gasteiger partial charge is 0.366 e. The van der Waals surface area contributed by atoms with Crippen LogP contribution >= 0.6 is 0 Å². The van der Waals surface area contributed by atoms with Gasteiger partial charge in [-0.05, 0) is 13.1 Å². The van der Waals surface area contributed by atoms with Crippen molar-refractivity contribution in [2.75, 3.05) is 7.05 Å². The second kappa shape index (κ2) is 7.40. The highest BCUT2D eigenvalue weighted by Crippen LogP contribution is 2.63. The first-order chi connectivity index (χ1) is 17.2. The number of aliphatic hydroxyl groups is 16. The number of para-hydroxylation sites is 1. The van der Waals surface area contributed by atoms with Gasteiger partial charge >= 0.3 is 6.10 Å². The van der Waals surface area contributed by atoms with E-state index in [-0.39, 0.29) is 11.7 Å². The van der Waals surface area contributed by atoms with Crippen LogP contribution in [0.5, 0.6) is 0 Å². The van der Waals surface area contributed by atoms with Gasteiger partial charge in [-0.25, -0.2) is 4.90 Å². The lowest BCUT2D eigenvalue weighted by Crippen LogP contribution is -3.08. The van der Waals surface area contributed by atoms with Crippen LogP contribution in [0.15, 0.2) is 24.3 Å². The molecule has 1 aromatic heterocycles. The molecule has 3 heterocycles. The number of nitrogens with zero attached hydrogens (tertiary/aromatic N) is 3. The molecular weight excluding hydrogens is 544 g/mol. The quantitative estimate of drug-likeness (QED) is 0.153. The average Bonchev–Trinajstić information content (AvgIpc) is 3.20. The van der Waals surface area contributed by atoms with E-state index in [1.807, 2.05) is 0 Å². The van der Waals surface area contributed by atoms with Crippen LogP contribution in [-0.2, 0) is 6.10 Å². The second-order valence-corrected chi connectivity index (χ2v) is 9.31. The number of fused-ring (bicyclic) bond motifs is 3. The van der Waals surface area contributed by atoms with Crippen molar-refractivity contribution in [2.24, 2.45) is 0 Å². The Bertz CT molecular complexity index is 1320. The minimum atomic E-state index is -5.10. The SMILES string of the molecule is CN1C2(O)C(O)(O)C(O)(O)C(O)(O)C1(O)C(O)(O)C(O)(NC(=O)c1nn(C(O)(O)O)c3ccccc13)C2(O)O. The summed E-state index contributed by atoms with van der Waals surface area (Å²) in [4.78, 5) is 12.4. The largest absolute Gasteiger partial charge is 0.389 e. The number of nitrogens with one attached hydrogen (secondary N) is 1. The van der Waals surface area contributed by atoms with E-state index in [1.54, 1.807) is 0 Å². The van der Waals surface area contributed by atoms with Crippen LogP contribution in [0.1, 0.15) is 10.5 Å². The molecule has 2 fully saturated rings. The normalized spacial score (nSPS) is 34.6. The minimum Gasteiger partial charge on any atom is -0.366 e. The van der Waals surface area contributed by atoms with Gasteiger partial charge in [0.25, 0.3) is 40.6 Å². The summed E-state index contributed by atoms with van der Waals surface area (Å²) in [5.41, 5.74) is -16.0. The molecule has 1 amide bonds. The summed E-state index contributed by atoms with van der Waals surface area (Å²) in [6, 6.07) is 4.57. The molecule has 2 aromatic rings. The summed E-state index contributed by atoms with van der Waals surface area (Å²) in [6.45, 7) is 0. The lowest BCUT2D eigenvalue weighted by atomic mass is 9.59. The molecule has 2 saturated heterocycles. The second-order valence-electron chi connectivity index (χ2n) is 9.31. The van der Waals surface area contributed by atoms with Crippen molar-refractivity contribution in [2.45, 2.75) is 52.2 Å². The zero-order valence-corrected chi connectivity index (χ0v) is 19.2. The Kier molecular flexibility index (Phi) is 5.59. The molecule has 2 aliphatic heterocycles. The minimum absolute atomic E-state index is 0.00680. The molecule has 0 spiro atoms. The Hall–Kier alpha value is -2.52. The van der Waals surface area contributed by atoms with Crippen LogP contribution in [0.3, 0.4) is 0 Å². The number of carbonyl (C=O) groups excluding carboxylic acids is 1. The van der Waals surface area contributed by atoms with Crippen molar-refractivity contribution in [3.63, 3.8) is 0 Å². The van der Waals surface area contributed by atoms with E-state index >= 15 is 0 Å². The van der Waals surface area contributed by atoms with Crippen LogP contribution < -0.4 is 5.32 Å². The summed E-state index contributed by atoms with van der Waals surface area (Å²) in [7, 11) is 0.139. The Morgan fingerprint density at radius 2 is 1.18 bits per heavy atom. The molecule has 2 atom stereocenters. The van der Waals surface area contributed by atoms with Gasteiger partial charge in [-0.15, -0.1) is 0 Å². The zero-order valence-electron chi connectivity index (χ0n) is 19.2. The number of likely N-dealkylation sites (N-methyl/N-ethyl adjacent to an activating group) is 1. The molecule has 39 heavy (non-hydrogen) atoms. The van der Waals surface area contributed by atoms with E-state index in [9.17, 15) is 86.5 Å². The third-order valence-corrected chi connectivity index (χ3v) is 7.28. The van der Waals surface area contributed by atoms with Crippen LogP contribution in [0.25, 0.3) is 10.9 Å². The fourth-order valence-electron chi connectivity index (χ4n) is 4.99. The highest BCUT2D eigenvalue weighted by molar-refractivity contribution is 6.05. The number of amides is 1. The Morgan fingerprint density at radius 3 is 1.62 bits per heavy atom. The molecule has 17 N–H and O–H groups in total. The van der Waals surface area contributed by atoms with Gasteiger partial charge in [0.05, 0.1) is 5.52 Å². The summed E-state index contributed by atoms with van der Waals surface area (Å²) in [6.07, 6.45) is -3.77. The molecule has 21 heteroatoms. The summed E-state index contributed by atoms with van der Waals surface area (Å²) < 4.78 is 0.00680. The maximum absolute atomic E-state index is 13.1. The molecule has 0 saturated carbocycles. The number of hydrogen-bond acceptors (Lipinski definition) is 19. The fourth-order valence-corrected chi connectivity index (χ4v) is 4.99. The highest BCUT2D eigenvalue weighted by Gasteiger charge is 2.99. The van der Waals surface area contributed by atoms with E-state index in [0.29, 0.717) is 0 Å². The Balaban J connectivity index is 1.99.